The molecule has 3 rings (SSSR count). The second-order valence-corrected chi connectivity index (χ2v) is 17.7. The van der Waals surface area contributed by atoms with E-state index in [4.69, 9.17) is 14.1 Å². The Hall–Kier alpha value is -1.47. The summed E-state index contributed by atoms with van der Waals surface area (Å²) in [7, 11) is -0.0939. The molecule has 0 bridgehead atoms. The monoisotopic (exact) mass is 558 g/mol. The quantitative estimate of drug-likeness (QED) is 0.246. The third-order valence-corrected chi connectivity index (χ3v) is 12.5. The normalized spacial score (nSPS) is 14.0. The molecular weight excluding hydrogens is 516 g/mol. The lowest BCUT2D eigenvalue weighted by Gasteiger charge is -2.39. The Morgan fingerprint density at radius 2 is 1.80 bits per heavy atom. The van der Waals surface area contributed by atoms with E-state index in [0.717, 1.165) is 35.3 Å². The van der Waals surface area contributed by atoms with Crippen LogP contribution in [0.4, 0.5) is 0 Å². The highest BCUT2D eigenvalue weighted by molar-refractivity contribution is 9.10. The zero-order chi connectivity index (χ0) is 26.2. The number of halogens is 1. The number of aromatic nitrogens is 2. The standard InChI is InChI=1S/C29H43BrN2O2Si/c1-11-32-25-15-14-21(30)17-23(25)24(18-29(6,7)19-34-35(9,10)28(3,4)5)27(32)22-13-12-16-31-26(22)20(2)33-8/h12-17,20H,11,18-19H2,1-10H3/t20-/m0/s1. The Bertz CT molecular complexity index is 1180. The summed E-state index contributed by atoms with van der Waals surface area (Å²) in [4.78, 5) is 4.76. The van der Waals surface area contributed by atoms with Crippen LogP contribution >= 0.6 is 15.9 Å². The van der Waals surface area contributed by atoms with Gasteiger partial charge in [-0.05, 0) is 79.7 Å². The Morgan fingerprint density at radius 1 is 1.11 bits per heavy atom. The number of fused-ring (bicyclic) bond motifs is 1. The molecule has 3 aromatic rings. The van der Waals surface area contributed by atoms with Crippen LogP contribution in [0.5, 0.6) is 0 Å². The van der Waals surface area contributed by atoms with Crippen molar-refractivity contribution in [3.8, 4) is 11.3 Å². The van der Waals surface area contributed by atoms with Gasteiger partial charge in [-0.2, -0.15) is 0 Å². The van der Waals surface area contributed by atoms with Crippen LogP contribution < -0.4 is 0 Å². The summed E-state index contributed by atoms with van der Waals surface area (Å²) >= 11 is 3.73. The third kappa shape index (κ3) is 5.92. The van der Waals surface area contributed by atoms with Gasteiger partial charge in [-0.3, -0.25) is 4.98 Å². The molecule has 0 radical (unpaired) electrons. The summed E-state index contributed by atoms with van der Waals surface area (Å²) in [5.41, 5.74) is 5.93. The smallest absolute Gasteiger partial charge is 0.192 e. The summed E-state index contributed by atoms with van der Waals surface area (Å²) in [6.45, 7) is 22.2. The molecule has 1 aromatic carbocycles. The van der Waals surface area contributed by atoms with E-state index in [1.54, 1.807) is 7.11 Å². The van der Waals surface area contributed by atoms with Crippen LogP contribution in [0.3, 0.4) is 0 Å². The summed E-state index contributed by atoms with van der Waals surface area (Å²) in [6, 6.07) is 10.8. The van der Waals surface area contributed by atoms with Gasteiger partial charge in [0.2, 0.25) is 0 Å². The van der Waals surface area contributed by atoms with Crippen molar-refractivity contribution in [2.24, 2.45) is 5.41 Å². The van der Waals surface area contributed by atoms with Gasteiger partial charge in [-0.15, -0.1) is 0 Å². The van der Waals surface area contributed by atoms with Crippen molar-refractivity contribution in [2.45, 2.75) is 85.7 Å². The van der Waals surface area contributed by atoms with Crippen LogP contribution in [-0.4, -0.2) is 31.6 Å². The van der Waals surface area contributed by atoms with Crippen LogP contribution in [0.15, 0.2) is 41.0 Å². The van der Waals surface area contributed by atoms with Crippen LogP contribution in [0.2, 0.25) is 18.1 Å². The van der Waals surface area contributed by atoms with Gasteiger partial charge >= 0.3 is 0 Å². The molecule has 0 amide bonds. The molecule has 0 aliphatic carbocycles. The number of benzene rings is 1. The van der Waals surface area contributed by atoms with Gasteiger partial charge in [0.1, 0.15) is 0 Å². The minimum atomic E-state index is -1.84. The molecule has 6 heteroatoms. The van der Waals surface area contributed by atoms with Crippen LogP contribution in [0, 0.1) is 5.41 Å². The van der Waals surface area contributed by atoms with Crippen molar-refractivity contribution in [2.75, 3.05) is 13.7 Å². The number of hydrogen-bond donors (Lipinski definition) is 0. The highest BCUT2D eigenvalue weighted by Gasteiger charge is 2.39. The lowest BCUT2D eigenvalue weighted by molar-refractivity contribution is 0.116. The van der Waals surface area contributed by atoms with Gasteiger partial charge in [0.15, 0.2) is 8.32 Å². The first-order valence-electron chi connectivity index (χ1n) is 12.6. The maximum absolute atomic E-state index is 6.72. The first kappa shape index (κ1) is 28.1. The molecule has 192 valence electrons. The van der Waals surface area contributed by atoms with E-state index in [0.29, 0.717) is 0 Å². The fourth-order valence-electron chi connectivity index (χ4n) is 4.39. The molecular formula is C29H43BrN2O2Si. The van der Waals surface area contributed by atoms with E-state index in [9.17, 15) is 0 Å². The number of aryl methyl sites for hydroxylation is 1. The van der Waals surface area contributed by atoms with Crippen molar-refractivity contribution < 1.29 is 9.16 Å². The van der Waals surface area contributed by atoms with Crippen molar-refractivity contribution in [3.63, 3.8) is 0 Å². The molecule has 0 aliphatic heterocycles. The van der Waals surface area contributed by atoms with Crippen molar-refractivity contribution in [3.05, 3.63) is 52.3 Å². The van der Waals surface area contributed by atoms with Crippen LogP contribution in [0.25, 0.3) is 22.2 Å². The van der Waals surface area contributed by atoms with Gasteiger partial charge in [-0.1, -0.05) is 50.5 Å². The summed E-state index contributed by atoms with van der Waals surface area (Å²) in [5, 5.41) is 1.48. The average Bonchev–Trinajstić information content (AvgIpc) is 3.08. The van der Waals surface area contributed by atoms with Gasteiger partial charge in [0, 0.05) is 47.4 Å². The molecule has 0 unspecified atom stereocenters. The van der Waals surface area contributed by atoms with Crippen molar-refractivity contribution in [1.29, 1.82) is 0 Å². The molecule has 1 atom stereocenters. The fourth-order valence-corrected chi connectivity index (χ4v) is 5.93. The lowest BCUT2D eigenvalue weighted by Crippen LogP contribution is -2.43. The predicted octanol–water partition coefficient (Wildman–Crippen LogP) is 8.78. The highest BCUT2D eigenvalue weighted by Crippen LogP contribution is 2.42. The average molecular weight is 560 g/mol. The van der Waals surface area contributed by atoms with Gasteiger partial charge < -0.3 is 13.7 Å². The largest absolute Gasteiger partial charge is 0.416 e. The van der Waals surface area contributed by atoms with Gasteiger partial charge in [0.25, 0.3) is 0 Å². The third-order valence-electron chi connectivity index (χ3n) is 7.56. The zero-order valence-corrected chi connectivity index (χ0v) is 25.8. The number of hydrogen-bond acceptors (Lipinski definition) is 3. The van der Waals surface area contributed by atoms with Crippen molar-refractivity contribution in [1.82, 2.24) is 9.55 Å². The lowest BCUT2D eigenvalue weighted by atomic mass is 9.84. The van der Waals surface area contributed by atoms with Crippen molar-refractivity contribution >= 4 is 35.2 Å². The zero-order valence-electron chi connectivity index (χ0n) is 23.3. The first-order chi connectivity index (χ1) is 16.2. The Labute approximate surface area is 221 Å². The topological polar surface area (TPSA) is 36.3 Å². The van der Waals surface area contributed by atoms with E-state index in [1.807, 2.05) is 12.3 Å². The second kappa shape index (κ2) is 10.5. The SMILES string of the molecule is CCn1c(-c2cccnc2[C@H](C)OC)c(CC(C)(C)CO[Si](C)(C)C(C)(C)C)c2cc(Br)ccc21. The molecule has 0 aliphatic rings. The molecule has 0 N–H and O–H groups in total. The predicted molar refractivity (Wildman–Crippen MR) is 155 cm³/mol. The van der Waals surface area contributed by atoms with E-state index in [1.165, 1.54) is 22.2 Å². The summed E-state index contributed by atoms with van der Waals surface area (Å²) < 4.78 is 16.0. The fraction of sp³-hybridized carbons (Fsp3) is 0.552. The second-order valence-electron chi connectivity index (χ2n) is 11.9. The van der Waals surface area contributed by atoms with Gasteiger partial charge in [0.05, 0.1) is 17.5 Å². The molecule has 4 nitrogen and oxygen atoms in total. The van der Waals surface area contributed by atoms with Crippen LogP contribution in [0.1, 0.15) is 65.8 Å². The Morgan fingerprint density at radius 3 is 2.40 bits per heavy atom. The number of nitrogens with zero attached hydrogens (tertiary/aromatic N) is 2. The number of rotatable bonds is 9. The van der Waals surface area contributed by atoms with E-state index < -0.39 is 8.32 Å². The maximum atomic E-state index is 6.72. The minimum absolute atomic E-state index is 0.0330. The first-order valence-corrected chi connectivity index (χ1v) is 16.3. The molecule has 0 saturated carbocycles. The molecule has 35 heavy (non-hydrogen) atoms. The number of pyridine rings is 1. The Balaban J connectivity index is 2.18. The van der Waals surface area contributed by atoms with E-state index >= 15 is 0 Å². The molecule has 2 aromatic heterocycles. The maximum Gasteiger partial charge on any atom is 0.192 e. The molecule has 0 spiro atoms. The van der Waals surface area contributed by atoms with Crippen LogP contribution in [-0.2, 0) is 22.1 Å². The molecule has 0 fully saturated rings. The Kier molecular flexibility index (Phi) is 8.42. The summed E-state index contributed by atoms with van der Waals surface area (Å²) in [6.07, 6.45) is 2.68. The number of methoxy groups -OCH3 is 1. The molecule has 2 heterocycles. The molecule has 0 saturated heterocycles. The highest BCUT2D eigenvalue weighted by atomic mass is 79.9. The summed E-state index contributed by atoms with van der Waals surface area (Å²) in [5.74, 6) is 0. The van der Waals surface area contributed by atoms with Gasteiger partial charge in [-0.25, -0.2) is 0 Å². The van der Waals surface area contributed by atoms with E-state index in [2.05, 4.69) is 106 Å². The number of ether oxygens (including phenoxy) is 1. The minimum Gasteiger partial charge on any atom is -0.416 e. The van der Waals surface area contributed by atoms with E-state index in [-0.39, 0.29) is 16.6 Å².